The van der Waals surface area contributed by atoms with Gasteiger partial charge in [-0.25, -0.2) is 9.18 Å². The maximum absolute atomic E-state index is 13.1. The maximum atomic E-state index is 13.1. The van der Waals surface area contributed by atoms with Crippen LogP contribution in [0.25, 0.3) is 0 Å². The second-order valence-corrected chi connectivity index (χ2v) is 8.64. The molecular weight excluding hydrogens is 397 g/mol. The highest BCUT2D eigenvalue weighted by Gasteiger charge is 2.44. The largest absolute Gasteiger partial charge is 0.487 e. The van der Waals surface area contributed by atoms with E-state index in [0.29, 0.717) is 38.0 Å². The number of hydrogen-bond donors (Lipinski definition) is 1. The molecule has 164 valence electrons. The van der Waals surface area contributed by atoms with Gasteiger partial charge in [-0.2, -0.15) is 0 Å². The summed E-state index contributed by atoms with van der Waals surface area (Å²) in [4.78, 5) is 28.5. The first-order valence-corrected chi connectivity index (χ1v) is 10.6. The summed E-state index contributed by atoms with van der Waals surface area (Å²) in [7, 11) is 3.56. The zero-order valence-corrected chi connectivity index (χ0v) is 17.9. The molecule has 0 bridgehead atoms. The van der Waals surface area contributed by atoms with E-state index in [-0.39, 0.29) is 29.3 Å². The number of urea groups is 1. The van der Waals surface area contributed by atoms with E-state index >= 15 is 0 Å². The molecule has 1 atom stereocenters. The summed E-state index contributed by atoms with van der Waals surface area (Å²) in [5.74, 6) is 0.705. The Balaban J connectivity index is 1.44. The number of nitrogens with zero attached hydrogens (tertiary/aromatic N) is 2. The summed E-state index contributed by atoms with van der Waals surface area (Å²) in [6.07, 6.45) is 2.61. The van der Waals surface area contributed by atoms with Crippen molar-refractivity contribution in [3.8, 4) is 5.75 Å². The van der Waals surface area contributed by atoms with Gasteiger partial charge in [0.25, 0.3) is 0 Å². The number of amides is 3. The number of para-hydroxylation sites is 1. The van der Waals surface area contributed by atoms with Crippen LogP contribution in [-0.4, -0.2) is 54.5 Å². The Morgan fingerprint density at radius 3 is 2.48 bits per heavy atom. The minimum Gasteiger partial charge on any atom is -0.487 e. The van der Waals surface area contributed by atoms with Gasteiger partial charge in [-0.3, -0.25) is 4.79 Å². The molecule has 6 nitrogen and oxygen atoms in total. The van der Waals surface area contributed by atoms with E-state index in [1.165, 1.54) is 12.1 Å². The second kappa shape index (κ2) is 8.57. The topological polar surface area (TPSA) is 61.9 Å². The van der Waals surface area contributed by atoms with Crippen LogP contribution in [0.1, 0.15) is 37.2 Å². The molecule has 1 unspecified atom stereocenters. The fourth-order valence-electron chi connectivity index (χ4n) is 4.48. The van der Waals surface area contributed by atoms with Gasteiger partial charge in [0.15, 0.2) is 0 Å². The Kier molecular flexibility index (Phi) is 5.85. The standard InChI is InChI=1S/C24H28FN3O3/c1-27(2)22(29)15-17-16-24(31-21-6-4-3-5-20(17)21)11-13-28(14-12-24)23(30)26-19-9-7-18(25)8-10-19/h3-10,17H,11-16H2,1-2H3,(H,26,30). The first kappa shape index (κ1) is 21.2. The van der Waals surface area contributed by atoms with Crippen LogP contribution in [0, 0.1) is 5.82 Å². The number of benzene rings is 2. The van der Waals surface area contributed by atoms with Gasteiger partial charge in [0, 0.05) is 58.1 Å². The molecule has 1 spiro atoms. The molecule has 31 heavy (non-hydrogen) atoms. The molecule has 2 aliphatic heterocycles. The first-order chi connectivity index (χ1) is 14.8. The predicted octanol–water partition coefficient (Wildman–Crippen LogP) is 4.24. The number of rotatable bonds is 3. The molecule has 1 saturated heterocycles. The molecule has 4 rings (SSSR count). The summed E-state index contributed by atoms with van der Waals surface area (Å²) in [5, 5.41) is 2.82. The molecule has 1 fully saturated rings. The van der Waals surface area contributed by atoms with E-state index < -0.39 is 0 Å². The minimum absolute atomic E-state index is 0.0967. The number of hydrogen-bond acceptors (Lipinski definition) is 3. The molecule has 1 N–H and O–H groups in total. The zero-order valence-electron chi connectivity index (χ0n) is 17.9. The Bertz CT molecular complexity index is 953. The molecule has 3 amide bonds. The van der Waals surface area contributed by atoms with Crippen LogP contribution >= 0.6 is 0 Å². The van der Waals surface area contributed by atoms with Crippen LogP contribution in [0.3, 0.4) is 0 Å². The minimum atomic E-state index is -0.377. The van der Waals surface area contributed by atoms with Gasteiger partial charge in [0.05, 0.1) is 0 Å². The summed E-state index contributed by atoms with van der Waals surface area (Å²) >= 11 is 0. The molecule has 0 saturated carbocycles. The zero-order chi connectivity index (χ0) is 22.0. The lowest BCUT2D eigenvalue weighted by atomic mass is 9.76. The van der Waals surface area contributed by atoms with Crippen LogP contribution in [0.2, 0.25) is 0 Å². The molecule has 0 aliphatic carbocycles. The highest BCUT2D eigenvalue weighted by atomic mass is 19.1. The number of nitrogens with one attached hydrogen (secondary N) is 1. The van der Waals surface area contributed by atoms with Crippen molar-refractivity contribution in [3.05, 3.63) is 59.9 Å². The molecule has 2 heterocycles. The van der Waals surface area contributed by atoms with Crippen LogP contribution in [0.15, 0.2) is 48.5 Å². The molecule has 0 aromatic heterocycles. The first-order valence-electron chi connectivity index (χ1n) is 10.6. The van der Waals surface area contributed by atoms with E-state index in [4.69, 9.17) is 4.74 Å². The van der Waals surface area contributed by atoms with Crippen molar-refractivity contribution in [2.75, 3.05) is 32.5 Å². The number of carbonyl (C=O) groups is 2. The van der Waals surface area contributed by atoms with E-state index in [1.54, 1.807) is 36.0 Å². The molecular formula is C24H28FN3O3. The molecule has 0 radical (unpaired) electrons. The van der Waals surface area contributed by atoms with Gasteiger partial charge in [-0.1, -0.05) is 18.2 Å². The lowest BCUT2D eigenvalue weighted by molar-refractivity contribution is -0.129. The predicted molar refractivity (Wildman–Crippen MR) is 117 cm³/mol. The van der Waals surface area contributed by atoms with Crippen molar-refractivity contribution in [1.29, 1.82) is 0 Å². The average Bonchev–Trinajstić information content (AvgIpc) is 2.75. The summed E-state index contributed by atoms with van der Waals surface area (Å²) in [6, 6.07) is 13.5. The fourth-order valence-corrected chi connectivity index (χ4v) is 4.48. The van der Waals surface area contributed by atoms with Gasteiger partial charge in [-0.15, -0.1) is 0 Å². The third-order valence-corrected chi connectivity index (χ3v) is 6.28. The van der Waals surface area contributed by atoms with E-state index in [1.807, 2.05) is 24.3 Å². The van der Waals surface area contributed by atoms with E-state index in [2.05, 4.69) is 5.32 Å². The van der Waals surface area contributed by atoms with Gasteiger partial charge in [0.2, 0.25) is 5.91 Å². The van der Waals surface area contributed by atoms with Crippen LogP contribution < -0.4 is 10.1 Å². The van der Waals surface area contributed by atoms with Gasteiger partial charge >= 0.3 is 6.03 Å². The Morgan fingerprint density at radius 2 is 1.81 bits per heavy atom. The van der Waals surface area contributed by atoms with Crippen LogP contribution in [0.5, 0.6) is 5.75 Å². The number of likely N-dealkylation sites (tertiary alicyclic amines) is 1. The normalized spacial score (nSPS) is 19.3. The lowest BCUT2D eigenvalue weighted by Crippen LogP contribution is -2.52. The van der Waals surface area contributed by atoms with Crippen molar-refractivity contribution in [2.45, 2.75) is 37.2 Å². The summed E-state index contributed by atoms with van der Waals surface area (Å²) < 4.78 is 19.5. The molecule has 2 aromatic rings. The molecule has 2 aromatic carbocycles. The van der Waals surface area contributed by atoms with Crippen molar-refractivity contribution < 1.29 is 18.7 Å². The van der Waals surface area contributed by atoms with Crippen molar-refractivity contribution in [2.24, 2.45) is 0 Å². The third-order valence-electron chi connectivity index (χ3n) is 6.28. The van der Waals surface area contributed by atoms with Gasteiger partial charge < -0.3 is 19.9 Å². The van der Waals surface area contributed by atoms with Crippen LogP contribution in [-0.2, 0) is 4.79 Å². The Morgan fingerprint density at radius 1 is 1.13 bits per heavy atom. The smallest absolute Gasteiger partial charge is 0.321 e. The summed E-state index contributed by atoms with van der Waals surface area (Å²) in [6.45, 7) is 1.12. The number of fused-ring (bicyclic) bond motifs is 1. The van der Waals surface area contributed by atoms with Crippen molar-refractivity contribution >= 4 is 17.6 Å². The average molecular weight is 426 g/mol. The molecule has 2 aliphatic rings. The number of carbonyl (C=O) groups excluding carboxylic acids is 2. The summed E-state index contributed by atoms with van der Waals surface area (Å²) in [5.41, 5.74) is 1.27. The molecule has 7 heteroatoms. The lowest BCUT2D eigenvalue weighted by Gasteiger charge is -2.47. The number of ether oxygens (including phenoxy) is 1. The van der Waals surface area contributed by atoms with Crippen LogP contribution in [0.4, 0.5) is 14.9 Å². The highest BCUT2D eigenvalue weighted by Crippen LogP contribution is 2.46. The SMILES string of the molecule is CN(C)C(=O)CC1CC2(CCN(C(=O)Nc3ccc(F)cc3)CC2)Oc2ccccc21. The van der Waals surface area contributed by atoms with E-state index in [9.17, 15) is 14.0 Å². The fraction of sp³-hybridized carbons (Fsp3) is 0.417. The Labute approximate surface area is 182 Å². The van der Waals surface area contributed by atoms with Gasteiger partial charge in [-0.05, 0) is 42.3 Å². The number of halogens is 1. The number of piperidine rings is 1. The van der Waals surface area contributed by atoms with E-state index in [0.717, 1.165) is 17.7 Å². The Hall–Kier alpha value is -3.09. The maximum Gasteiger partial charge on any atom is 0.321 e. The highest BCUT2D eigenvalue weighted by molar-refractivity contribution is 5.89. The monoisotopic (exact) mass is 425 g/mol. The van der Waals surface area contributed by atoms with Crippen molar-refractivity contribution in [3.63, 3.8) is 0 Å². The third kappa shape index (κ3) is 4.65. The number of anilines is 1. The van der Waals surface area contributed by atoms with Gasteiger partial charge in [0.1, 0.15) is 17.2 Å². The second-order valence-electron chi connectivity index (χ2n) is 8.64. The van der Waals surface area contributed by atoms with Crippen molar-refractivity contribution in [1.82, 2.24) is 9.80 Å². The quantitative estimate of drug-likeness (QED) is 0.800.